The molecule has 1 unspecified atom stereocenters. The summed E-state index contributed by atoms with van der Waals surface area (Å²) in [6, 6.07) is 7.09. The number of hydrogen-bond acceptors (Lipinski definition) is 2. The van der Waals surface area contributed by atoms with Crippen LogP contribution in [0.5, 0.6) is 0 Å². The van der Waals surface area contributed by atoms with Crippen molar-refractivity contribution in [3.63, 3.8) is 0 Å². The average molecular weight is 324 g/mol. The number of aromatic amines is 1. The summed E-state index contributed by atoms with van der Waals surface area (Å²) in [5.74, 6) is -0.0749. The maximum Gasteiger partial charge on any atom is 0.330 e. The number of imidazole rings is 1. The number of carbonyl (C=O) groups is 1. The van der Waals surface area contributed by atoms with Gasteiger partial charge in [0.05, 0.1) is 10.5 Å². The number of nitrogens with one attached hydrogen (secondary N) is 2. The number of anilines is 1. The molecule has 5 nitrogen and oxygen atoms in total. The van der Waals surface area contributed by atoms with E-state index in [1.165, 1.54) is 4.57 Å². The molecule has 0 radical (unpaired) electrons. The van der Waals surface area contributed by atoms with Gasteiger partial charge in [-0.25, -0.2) is 4.79 Å². The lowest BCUT2D eigenvalue weighted by Crippen LogP contribution is -2.22. The molecule has 100 valence electrons. The van der Waals surface area contributed by atoms with E-state index in [1.807, 2.05) is 6.92 Å². The number of amides is 1. The van der Waals surface area contributed by atoms with Gasteiger partial charge in [0.15, 0.2) is 0 Å². The third-order valence-electron chi connectivity index (χ3n) is 2.71. The summed E-state index contributed by atoms with van der Waals surface area (Å²) in [5.41, 5.74) is 1.26. The first-order valence-corrected chi connectivity index (χ1v) is 6.84. The van der Waals surface area contributed by atoms with Gasteiger partial charge in [-0.05, 0) is 30.7 Å². The molecule has 1 aromatic carbocycles. The fourth-order valence-corrected chi connectivity index (χ4v) is 1.75. The van der Waals surface area contributed by atoms with E-state index >= 15 is 0 Å². The average Bonchev–Trinajstić information content (AvgIpc) is 2.85. The number of rotatable bonds is 4. The monoisotopic (exact) mass is 323 g/mol. The van der Waals surface area contributed by atoms with Crippen LogP contribution in [0.15, 0.2) is 41.5 Å². The number of aromatic nitrogens is 2. The van der Waals surface area contributed by atoms with Gasteiger partial charge in [0.2, 0.25) is 5.91 Å². The lowest BCUT2D eigenvalue weighted by molar-refractivity contribution is -0.115. The summed E-state index contributed by atoms with van der Waals surface area (Å²) in [7, 11) is 0. The molecule has 2 rings (SSSR count). The van der Waals surface area contributed by atoms with Gasteiger partial charge in [-0.1, -0.05) is 22.9 Å². The van der Waals surface area contributed by atoms with E-state index in [4.69, 9.17) is 0 Å². The molecular weight excluding hydrogens is 310 g/mol. The molecular formula is C13H14BrN3O2. The zero-order chi connectivity index (χ0) is 13.8. The second-order valence-corrected chi connectivity index (χ2v) is 5.15. The van der Waals surface area contributed by atoms with Gasteiger partial charge in [-0.2, -0.15) is 0 Å². The summed E-state index contributed by atoms with van der Waals surface area (Å²) < 4.78 is 1.49. The second kappa shape index (κ2) is 5.88. The van der Waals surface area contributed by atoms with Crippen molar-refractivity contribution in [1.29, 1.82) is 0 Å². The Balaban J connectivity index is 2.13. The summed E-state index contributed by atoms with van der Waals surface area (Å²) in [5, 5.41) is 2.80. The van der Waals surface area contributed by atoms with Gasteiger partial charge in [-0.15, -0.1) is 0 Å². The molecule has 1 aromatic heterocycles. The number of H-pyrrole nitrogens is 1. The smallest absolute Gasteiger partial charge is 0.325 e. The van der Waals surface area contributed by atoms with Crippen molar-refractivity contribution in [3.8, 4) is 5.69 Å². The largest absolute Gasteiger partial charge is 0.330 e. The Bertz CT molecular complexity index is 615. The molecule has 1 heterocycles. The van der Waals surface area contributed by atoms with Crippen LogP contribution in [0.2, 0.25) is 0 Å². The van der Waals surface area contributed by atoms with Crippen molar-refractivity contribution in [2.24, 2.45) is 0 Å². The zero-order valence-electron chi connectivity index (χ0n) is 10.4. The lowest BCUT2D eigenvalue weighted by atomic mass is 10.2. The molecule has 0 saturated carbocycles. The molecule has 0 aliphatic rings. The van der Waals surface area contributed by atoms with Gasteiger partial charge in [0.25, 0.3) is 0 Å². The highest BCUT2D eigenvalue weighted by Crippen LogP contribution is 2.14. The maximum atomic E-state index is 11.7. The molecule has 0 aliphatic carbocycles. The molecule has 1 amide bonds. The van der Waals surface area contributed by atoms with E-state index in [0.717, 1.165) is 12.1 Å². The molecule has 2 N–H and O–H groups in total. The first-order valence-electron chi connectivity index (χ1n) is 5.93. The van der Waals surface area contributed by atoms with Gasteiger partial charge in [-0.3, -0.25) is 9.36 Å². The Labute approximate surface area is 118 Å². The van der Waals surface area contributed by atoms with Gasteiger partial charge < -0.3 is 10.3 Å². The predicted molar refractivity (Wildman–Crippen MR) is 78.0 cm³/mol. The maximum absolute atomic E-state index is 11.7. The van der Waals surface area contributed by atoms with Crippen molar-refractivity contribution >= 4 is 27.5 Å². The van der Waals surface area contributed by atoms with Crippen molar-refractivity contribution in [1.82, 2.24) is 9.55 Å². The van der Waals surface area contributed by atoms with Crippen LogP contribution < -0.4 is 11.0 Å². The molecule has 19 heavy (non-hydrogen) atoms. The van der Waals surface area contributed by atoms with Crippen LogP contribution in [0.25, 0.3) is 5.69 Å². The van der Waals surface area contributed by atoms with E-state index < -0.39 is 0 Å². The van der Waals surface area contributed by atoms with E-state index in [9.17, 15) is 9.59 Å². The van der Waals surface area contributed by atoms with Crippen LogP contribution in [0, 0.1) is 0 Å². The number of hydrogen-bond donors (Lipinski definition) is 2. The first kappa shape index (κ1) is 13.6. The predicted octanol–water partition coefficient (Wildman–Crippen LogP) is 2.28. The van der Waals surface area contributed by atoms with Gasteiger partial charge in [0, 0.05) is 18.1 Å². The van der Waals surface area contributed by atoms with Crippen LogP contribution in [0.4, 0.5) is 5.69 Å². The summed E-state index contributed by atoms with van der Waals surface area (Å²) in [6.07, 6.45) is 3.96. The highest BCUT2D eigenvalue weighted by Gasteiger charge is 2.12. The Morgan fingerprint density at radius 2 is 2.11 bits per heavy atom. The third-order valence-corrected chi connectivity index (χ3v) is 3.77. The van der Waals surface area contributed by atoms with Crippen LogP contribution in [0.1, 0.15) is 13.3 Å². The Morgan fingerprint density at radius 3 is 2.63 bits per heavy atom. The third kappa shape index (κ3) is 3.14. The van der Waals surface area contributed by atoms with E-state index in [1.54, 1.807) is 36.7 Å². The van der Waals surface area contributed by atoms with E-state index in [2.05, 4.69) is 26.2 Å². The van der Waals surface area contributed by atoms with Crippen LogP contribution >= 0.6 is 15.9 Å². The molecule has 0 bridgehead atoms. The fourth-order valence-electron chi connectivity index (χ4n) is 1.63. The van der Waals surface area contributed by atoms with Crippen molar-refractivity contribution in [2.75, 3.05) is 5.32 Å². The lowest BCUT2D eigenvalue weighted by Gasteiger charge is -2.09. The quantitative estimate of drug-likeness (QED) is 0.848. The Morgan fingerprint density at radius 1 is 1.42 bits per heavy atom. The summed E-state index contributed by atoms with van der Waals surface area (Å²) in [6.45, 7) is 1.93. The number of alkyl halides is 1. The number of benzene rings is 1. The van der Waals surface area contributed by atoms with Crippen molar-refractivity contribution < 1.29 is 4.79 Å². The zero-order valence-corrected chi connectivity index (χ0v) is 12.0. The summed E-state index contributed by atoms with van der Waals surface area (Å²) >= 11 is 3.29. The molecule has 0 saturated heterocycles. The molecule has 1 atom stereocenters. The number of nitrogens with zero attached hydrogens (tertiary/aromatic N) is 1. The highest BCUT2D eigenvalue weighted by molar-refractivity contribution is 9.10. The van der Waals surface area contributed by atoms with Gasteiger partial charge in [0.1, 0.15) is 0 Å². The minimum atomic E-state index is -0.195. The molecule has 0 fully saturated rings. The number of halogens is 1. The van der Waals surface area contributed by atoms with Crippen LogP contribution in [-0.4, -0.2) is 20.3 Å². The molecule has 6 heteroatoms. The molecule has 0 spiro atoms. The Hall–Kier alpha value is -1.82. The molecule has 2 aromatic rings. The SMILES string of the molecule is CCC(Br)C(=O)Nc1ccc(-n2cc[nH]c2=O)cc1. The topological polar surface area (TPSA) is 66.9 Å². The highest BCUT2D eigenvalue weighted by atomic mass is 79.9. The van der Waals surface area contributed by atoms with Crippen LogP contribution in [0.3, 0.4) is 0 Å². The fraction of sp³-hybridized carbons (Fsp3) is 0.231. The Kier molecular flexibility index (Phi) is 4.21. The summed E-state index contributed by atoms with van der Waals surface area (Å²) in [4.78, 5) is 25.5. The normalized spacial score (nSPS) is 12.1. The molecule has 0 aliphatic heterocycles. The van der Waals surface area contributed by atoms with E-state index in [-0.39, 0.29) is 16.4 Å². The minimum Gasteiger partial charge on any atom is -0.325 e. The number of carbonyl (C=O) groups excluding carboxylic acids is 1. The van der Waals surface area contributed by atoms with Crippen LogP contribution in [-0.2, 0) is 4.79 Å². The van der Waals surface area contributed by atoms with Gasteiger partial charge >= 0.3 is 5.69 Å². The van der Waals surface area contributed by atoms with Crippen molar-refractivity contribution in [2.45, 2.75) is 18.2 Å². The van der Waals surface area contributed by atoms with Crippen molar-refractivity contribution in [3.05, 3.63) is 47.1 Å². The van der Waals surface area contributed by atoms with E-state index in [0.29, 0.717) is 5.69 Å². The first-order chi connectivity index (χ1) is 9.11. The standard InChI is InChI=1S/C13H14BrN3O2/c1-2-11(14)12(18)16-9-3-5-10(6-4-9)17-8-7-15-13(17)19/h3-8,11H,2H2,1H3,(H,15,19)(H,16,18). The second-order valence-electron chi connectivity index (χ2n) is 4.05. The minimum absolute atomic E-state index is 0.0749.